The molecule has 4 fully saturated rings. The van der Waals surface area contributed by atoms with Crippen molar-refractivity contribution in [2.24, 2.45) is 27.4 Å². The molecule has 1 aromatic carbocycles. The van der Waals surface area contributed by atoms with Crippen LogP contribution in [0.5, 0.6) is 5.75 Å². The van der Waals surface area contributed by atoms with Crippen LogP contribution >= 0.6 is 0 Å². The molecular formula is C36H43NO11. The minimum Gasteiger partial charge on any atom is -0.483 e. The van der Waals surface area contributed by atoms with Gasteiger partial charge in [0.05, 0.1) is 16.4 Å². The van der Waals surface area contributed by atoms with Crippen LogP contribution in [0, 0.1) is 28.6 Å². The molecule has 12 heteroatoms. The van der Waals surface area contributed by atoms with Crippen molar-refractivity contribution in [3.8, 4) is 5.75 Å². The SMILES string of the molecule is Cc1cc(=O)oc2c3c(c(CN)cc12)OC(C)(C)[C@H](OC(=O)C12CCC(C)(C(=O)O1)C2(C)C)[C@@H]3OC(=O)C12CCC(C)(C(=O)O1)C2(C)C. The van der Waals surface area contributed by atoms with Crippen molar-refractivity contribution in [2.45, 2.75) is 124 Å². The van der Waals surface area contributed by atoms with E-state index >= 15 is 0 Å². The standard InChI is InChI=1S/C36H43NO11/c1-17-14-20(38)43-23-19(17)15-18(16-37)22-21(23)24(44-28(41)35-12-10-33(8,26(39)47-35)31(35,4)5)25(30(2,3)46-22)45-29(42)36-13-11-34(9,27(40)48-36)32(36,6)7/h14-15,24-25H,10-13,16,37H2,1-9H3/t24-,25-,33?,34?,35?,36?/m1/s1. The summed E-state index contributed by atoms with van der Waals surface area (Å²) in [5, 5.41) is 0.526. The molecule has 48 heavy (non-hydrogen) atoms. The van der Waals surface area contributed by atoms with Gasteiger partial charge in [0.2, 0.25) is 11.2 Å². The zero-order valence-corrected chi connectivity index (χ0v) is 28.9. The maximum Gasteiger partial charge on any atom is 0.351 e. The summed E-state index contributed by atoms with van der Waals surface area (Å²) in [4.78, 5) is 68.0. The molecule has 3 aliphatic heterocycles. The lowest BCUT2D eigenvalue weighted by atomic mass is 9.66. The number of carbonyl (C=O) groups is 4. The van der Waals surface area contributed by atoms with E-state index in [9.17, 15) is 24.0 Å². The fourth-order valence-electron chi connectivity index (χ4n) is 9.03. The molecule has 1 aromatic heterocycles. The first-order valence-electron chi connectivity index (χ1n) is 16.5. The number of aryl methyl sites for hydroxylation is 1. The van der Waals surface area contributed by atoms with Crippen LogP contribution in [-0.4, -0.2) is 46.8 Å². The molecule has 258 valence electrons. The first-order valence-corrected chi connectivity index (χ1v) is 16.5. The van der Waals surface area contributed by atoms with Crippen molar-refractivity contribution in [1.29, 1.82) is 0 Å². The molecule has 4 heterocycles. The van der Waals surface area contributed by atoms with Gasteiger partial charge in [-0.25, -0.2) is 14.4 Å². The third-order valence-electron chi connectivity index (χ3n) is 13.4. The summed E-state index contributed by atoms with van der Waals surface area (Å²) >= 11 is 0. The van der Waals surface area contributed by atoms with Crippen molar-refractivity contribution in [3.05, 3.63) is 39.2 Å². The molecule has 6 atom stereocenters. The number of nitrogens with two attached hydrogens (primary N) is 1. The fourth-order valence-corrected chi connectivity index (χ4v) is 9.03. The van der Waals surface area contributed by atoms with E-state index in [-0.39, 0.29) is 36.3 Å². The second-order valence-electron chi connectivity index (χ2n) is 16.3. The minimum atomic E-state index is -1.62. The molecule has 2 saturated carbocycles. The Hall–Kier alpha value is -3.93. The summed E-state index contributed by atoms with van der Waals surface area (Å²) in [6, 6.07) is 3.10. The van der Waals surface area contributed by atoms with Crippen molar-refractivity contribution in [2.75, 3.05) is 0 Å². The lowest BCUT2D eigenvalue weighted by molar-refractivity contribution is -0.217. The van der Waals surface area contributed by atoms with E-state index in [1.807, 2.05) is 27.7 Å². The highest BCUT2D eigenvalue weighted by molar-refractivity contribution is 5.95. The third kappa shape index (κ3) is 3.57. The van der Waals surface area contributed by atoms with Gasteiger partial charge in [-0.05, 0) is 71.9 Å². The normalized spacial score (nSPS) is 36.3. The van der Waals surface area contributed by atoms with Gasteiger partial charge in [-0.3, -0.25) is 9.59 Å². The first-order chi connectivity index (χ1) is 22.1. The quantitative estimate of drug-likeness (QED) is 0.270. The lowest BCUT2D eigenvalue weighted by Gasteiger charge is -2.46. The fraction of sp³-hybridized carbons (Fsp3) is 0.639. The predicted molar refractivity (Wildman–Crippen MR) is 168 cm³/mol. The molecule has 2 N–H and O–H groups in total. The Morgan fingerprint density at radius 1 is 0.792 bits per heavy atom. The van der Waals surface area contributed by atoms with E-state index in [0.29, 0.717) is 29.4 Å². The van der Waals surface area contributed by atoms with Crippen molar-refractivity contribution >= 4 is 34.8 Å². The van der Waals surface area contributed by atoms with Crippen LogP contribution in [0.2, 0.25) is 0 Å². The first kappa shape index (κ1) is 32.6. The number of carbonyl (C=O) groups excluding carboxylic acids is 4. The van der Waals surface area contributed by atoms with E-state index in [4.69, 9.17) is 33.8 Å². The Morgan fingerprint density at radius 3 is 1.77 bits per heavy atom. The summed E-state index contributed by atoms with van der Waals surface area (Å²) < 4.78 is 36.8. The summed E-state index contributed by atoms with van der Waals surface area (Å²) in [6.45, 7) is 15.9. The van der Waals surface area contributed by atoms with Crippen LogP contribution in [0.15, 0.2) is 21.3 Å². The molecule has 0 spiro atoms. The van der Waals surface area contributed by atoms with Crippen LogP contribution in [0.4, 0.5) is 0 Å². The van der Waals surface area contributed by atoms with Crippen molar-refractivity contribution in [3.63, 3.8) is 0 Å². The van der Waals surface area contributed by atoms with Gasteiger partial charge >= 0.3 is 29.5 Å². The van der Waals surface area contributed by atoms with Gasteiger partial charge in [0.25, 0.3) is 0 Å². The van der Waals surface area contributed by atoms with Gasteiger partial charge in [0, 0.05) is 34.4 Å². The highest BCUT2D eigenvalue weighted by atomic mass is 16.7. The highest BCUT2D eigenvalue weighted by Gasteiger charge is 2.78. The number of ether oxygens (including phenoxy) is 5. The predicted octanol–water partition coefficient (Wildman–Crippen LogP) is 4.47. The van der Waals surface area contributed by atoms with Crippen LogP contribution in [-0.2, 0) is 44.7 Å². The van der Waals surface area contributed by atoms with Gasteiger partial charge in [-0.1, -0.05) is 27.7 Å². The van der Waals surface area contributed by atoms with Crippen LogP contribution in [0.25, 0.3) is 11.0 Å². The maximum absolute atomic E-state index is 14.6. The van der Waals surface area contributed by atoms with Crippen LogP contribution in [0.1, 0.15) is 104 Å². The van der Waals surface area contributed by atoms with Gasteiger partial charge in [0.15, 0.2) is 12.2 Å². The van der Waals surface area contributed by atoms with E-state index < -0.39 is 80.2 Å². The molecule has 2 aliphatic carbocycles. The molecule has 7 rings (SSSR count). The molecule has 0 amide bonds. The smallest absolute Gasteiger partial charge is 0.351 e. The largest absolute Gasteiger partial charge is 0.483 e. The monoisotopic (exact) mass is 665 g/mol. The number of hydrogen-bond acceptors (Lipinski definition) is 12. The number of benzene rings is 1. The zero-order chi connectivity index (χ0) is 35.2. The second-order valence-corrected chi connectivity index (χ2v) is 16.3. The summed E-state index contributed by atoms with van der Waals surface area (Å²) in [7, 11) is 0. The molecule has 5 aliphatic rings. The van der Waals surface area contributed by atoms with Gasteiger partial charge < -0.3 is 33.8 Å². The topological polar surface area (TPSA) is 171 Å². The lowest BCUT2D eigenvalue weighted by Crippen LogP contribution is -2.58. The van der Waals surface area contributed by atoms with E-state index in [1.54, 1.807) is 40.7 Å². The minimum absolute atomic E-state index is 0.0246. The zero-order valence-electron chi connectivity index (χ0n) is 28.9. The second kappa shape index (κ2) is 9.40. The maximum atomic E-state index is 14.6. The number of hydrogen-bond donors (Lipinski definition) is 1. The number of esters is 4. The van der Waals surface area contributed by atoms with E-state index in [2.05, 4.69) is 0 Å². The Labute approximate surface area is 277 Å². The summed E-state index contributed by atoms with van der Waals surface area (Å²) in [6.07, 6.45) is -1.44. The molecule has 4 bridgehead atoms. The van der Waals surface area contributed by atoms with Crippen LogP contribution < -0.4 is 16.1 Å². The Kier molecular flexibility index (Phi) is 6.38. The van der Waals surface area contributed by atoms with Gasteiger partial charge in [-0.15, -0.1) is 0 Å². The van der Waals surface area contributed by atoms with Crippen LogP contribution in [0.3, 0.4) is 0 Å². The number of fused-ring (bicyclic) bond motifs is 7. The van der Waals surface area contributed by atoms with Gasteiger partial charge in [0.1, 0.15) is 16.9 Å². The molecule has 12 nitrogen and oxygen atoms in total. The highest BCUT2D eigenvalue weighted by Crippen LogP contribution is 2.67. The van der Waals surface area contributed by atoms with E-state index in [1.165, 1.54) is 6.07 Å². The van der Waals surface area contributed by atoms with E-state index in [0.717, 1.165) is 0 Å². The average molecular weight is 666 g/mol. The molecule has 2 saturated heterocycles. The molecular weight excluding hydrogens is 622 g/mol. The Balaban J connectivity index is 1.41. The molecule has 0 radical (unpaired) electrons. The molecule has 4 unspecified atom stereocenters. The Morgan fingerprint density at radius 2 is 1.31 bits per heavy atom. The van der Waals surface area contributed by atoms with Crippen molar-refractivity contribution < 1.29 is 47.3 Å². The Bertz CT molecular complexity index is 1910. The third-order valence-corrected chi connectivity index (χ3v) is 13.4. The average Bonchev–Trinajstić information content (AvgIpc) is 3.46. The van der Waals surface area contributed by atoms with Crippen molar-refractivity contribution in [1.82, 2.24) is 0 Å². The molecule has 2 aromatic rings. The van der Waals surface area contributed by atoms with Gasteiger partial charge in [-0.2, -0.15) is 0 Å². The number of rotatable bonds is 5. The summed E-state index contributed by atoms with van der Waals surface area (Å²) in [5.74, 6) is -2.36. The summed E-state index contributed by atoms with van der Waals surface area (Å²) in [5.41, 5.74) is -1.31.